The number of carbonyl (C=O) groups excluding carboxylic acids is 2. The predicted molar refractivity (Wildman–Crippen MR) is 118 cm³/mol. The van der Waals surface area contributed by atoms with Crippen LogP contribution in [0.3, 0.4) is 0 Å². The van der Waals surface area contributed by atoms with E-state index in [1.807, 2.05) is 48.5 Å². The summed E-state index contributed by atoms with van der Waals surface area (Å²) in [6, 6.07) is 16.9. The fourth-order valence-corrected chi connectivity index (χ4v) is 4.40. The minimum absolute atomic E-state index is 0.0602. The van der Waals surface area contributed by atoms with Gasteiger partial charge in [0.25, 0.3) is 11.8 Å². The van der Waals surface area contributed by atoms with Crippen molar-refractivity contribution >= 4 is 22.8 Å². The highest BCUT2D eigenvalue weighted by molar-refractivity contribution is 5.95. The Labute approximate surface area is 185 Å². The lowest BCUT2D eigenvalue weighted by atomic mass is 9.79. The Morgan fingerprint density at radius 1 is 0.938 bits per heavy atom. The third kappa shape index (κ3) is 3.53. The molecule has 0 unspecified atom stereocenters. The van der Waals surface area contributed by atoms with Crippen LogP contribution >= 0.6 is 0 Å². The van der Waals surface area contributed by atoms with E-state index in [-0.39, 0.29) is 17.6 Å². The zero-order valence-electron chi connectivity index (χ0n) is 17.6. The number of nitriles is 1. The van der Waals surface area contributed by atoms with Crippen LogP contribution in [-0.4, -0.2) is 58.5 Å². The van der Waals surface area contributed by atoms with E-state index in [4.69, 9.17) is 9.68 Å². The Hall–Kier alpha value is -3.63. The van der Waals surface area contributed by atoms with Crippen LogP contribution in [0.1, 0.15) is 35.4 Å². The minimum Gasteiger partial charge on any atom is -0.446 e. The molecule has 1 aromatic heterocycles. The fraction of sp³-hybridized carbons (Fsp3) is 0.320. The second kappa shape index (κ2) is 7.81. The van der Waals surface area contributed by atoms with Crippen molar-refractivity contribution < 1.29 is 19.1 Å². The molecule has 1 aliphatic carbocycles. The van der Waals surface area contributed by atoms with Crippen molar-refractivity contribution in [3.63, 3.8) is 0 Å². The van der Waals surface area contributed by atoms with Gasteiger partial charge in [-0.1, -0.05) is 18.2 Å². The molecule has 2 aliphatic rings. The van der Waals surface area contributed by atoms with Gasteiger partial charge in [0, 0.05) is 43.2 Å². The molecule has 0 radical (unpaired) electrons. The van der Waals surface area contributed by atoms with Gasteiger partial charge in [-0.3, -0.25) is 9.59 Å². The van der Waals surface area contributed by atoms with Gasteiger partial charge in [-0.05, 0) is 54.7 Å². The van der Waals surface area contributed by atoms with E-state index in [0.29, 0.717) is 50.2 Å². The largest absolute Gasteiger partial charge is 0.446 e. The molecule has 162 valence electrons. The second-order valence-electron chi connectivity index (χ2n) is 8.52. The quantitative estimate of drug-likeness (QED) is 0.690. The van der Waals surface area contributed by atoms with Crippen LogP contribution in [-0.2, 0) is 4.79 Å². The minimum atomic E-state index is -1.18. The highest BCUT2D eigenvalue weighted by Gasteiger charge is 2.45. The fourth-order valence-electron chi connectivity index (χ4n) is 4.40. The first kappa shape index (κ1) is 20.3. The molecular formula is C25H23N3O4. The van der Waals surface area contributed by atoms with Gasteiger partial charge >= 0.3 is 0 Å². The summed E-state index contributed by atoms with van der Waals surface area (Å²) in [5, 5.41) is 20.1. The number of hydrogen-bond donors (Lipinski definition) is 1. The maximum atomic E-state index is 12.9. The van der Waals surface area contributed by atoms with E-state index in [0.717, 1.165) is 22.9 Å². The molecule has 7 heteroatoms. The highest BCUT2D eigenvalue weighted by atomic mass is 16.3. The van der Waals surface area contributed by atoms with E-state index in [2.05, 4.69) is 0 Å². The molecule has 1 saturated heterocycles. The van der Waals surface area contributed by atoms with Crippen molar-refractivity contribution in [1.29, 1.82) is 5.26 Å². The highest BCUT2D eigenvalue weighted by Crippen LogP contribution is 2.33. The Morgan fingerprint density at radius 2 is 1.59 bits per heavy atom. The molecule has 1 N–H and O–H groups in total. The lowest BCUT2D eigenvalue weighted by Crippen LogP contribution is -2.58. The predicted octanol–water partition coefficient (Wildman–Crippen LogP) is 3.17. The van der Waals surface area contributed by atoms with Crippen molar-refractivity contribution in [2.75, 3.05) is 26.2 Å². The van der Waals surface area contributed by atoms with Crippen LogP contribution in [0.25, 0.3) is 22.1 Å². The van der Waals surface area contributed by atoms with E-state index in [9.17, 15) is 14.7 Å². The van der Waals surface area contributed by atoms with E-state index >= 15 is 0 Å². The average molecular weight is 429 g/mol. The average Bonchev–Trinajstić information content (AvgIpc) is 3.24. The van der Waals surface area contributed by atoms with Gasteiger partial charge in [0.2, 0.25) is 5.76 Å². The van der Waals surface area contributed by atoms with Gasteiger partial charge < -0.3 is 19.3 Å². The number of carbonyl (C=O) groups is 2. The summed E-state index contributed by atoms with van der Waals surface area (Å²) in [4.78, 5) is 28.8. The number of hydrogen-bond acceptors (Lipinski definition) is 5. The molecule has 7 nitrogen and oxygen atoms in total. The topological polar surface area (TPSA) is 97.8 Å². The zero-order chi connectivity index (χ0) is 22.3. The Morgan fingerprint density at radius 3 is 2.22 bits per heavy atom. The summed E-state index contributed by atoms with van der Waals surface area (Å²) in [5.41, 5.74) is 2.02. The lowest BCUT2D eigenvalue weighted by molar-refractivity contribution is -0.161. The van der Waals surface area contributed by atoms with E-state index in [1.165, 1.54) is 0 Å². The van der Waals surface area contributed by atoms with Gasteiger partial charge in [-0.25, -0.2) is 0 Å². The molecular weight excluding hydrogens is 406 g/mol. The number of aliphatic hydroxyl groups is 1. The summed E-state index contributed by atoms with van der Waals surface area (Å²) in [5.74, 6) is 0.0216. The second-order valence-corrected chi connectivity index (χ2v) is 8.52. The molecule has 2 aromatic carbocycles. The van der Waals surface area contributed by atoms with Gasteiger partial charge in [-0.2, -0.15) is 5.26 Å². The summed E-state index contributed by atoms with van der Waals surface area (Å²) in [6.45, 7) is 1.81. The maximum Gasteiger partial charge on any atom is 0.254 e. The molecule has 32 heavy (non-hydrogen) atoms. The van der Waals surface area contributed by atoms with E-state index in [1.54, 1.807) is 15.9 Å². The number of piperazine rings is 1. The SMILES string of the molecule is N#Cc1cc2cc(-c3ccc(C(=O)N4CCN(C(=O)C5(O)CCC5)CC4)cc3)ccc2o1. The first-order valence-corrected chi connectivity index (χ1v) is 10.8. The molecule has 2 fully saturated rings. The third-order valence-corrected chi connectivity index (χ3v) is 6.52. The standard InChI is InChI=1S/C25H23N3O4/c26-16-21-15-20-14-19(6-7-22(20)32-21)17-2-4-18(5-3-17)23(29)27-10-12-28(13-11-27)24(30)25(31)8-1-9-25/h2-7,14-15,31H,1,8-13H2. The van der Waals surface area contributed by atoms with Crippen LogP contribution in [0.2, 0.25) is 0 Å². The Balaban J connectivity index is 1.25. The lowest BCUT2D eigenvalue weighted by Gasteiger charge is -2.42. The molecule has 1 saturated carbocycles. The molecule has 2 amide bonds. The third-order valence-electron chi connectivity index (χ3n) is 6.52. The van der Waals surface area contributed by atoms with Crippen molar-refractivity contribution in [3.05, 3.63) is 59.9 Å². The number of fused-ring (bicyclic) bond motifs is 1. The molecule has 0 spiro atoms. The number of amides is 2. The zero-order valence-corrected chi connectivity index (χ0v) is 17.6. The van der Waals surface area contributed by atoms with Crippen molar-refractivity contribution in [2.24, 2.45) is 0 Å². The van der Waals surface area contributed by atoms with Crippen molar-refractivity contribution in [2.45, 2.75) is 24.9 Å². The van der Waals surface area contributed by atoms with Crippen LogP contribution in [0.5, 0.6) is 0 Å². The van der Waals surface area contributed by atoms with Crippen LogP contribution in [0.15, 0.2) is 52.9 Å². The number of nitrogens with zero attached hydrogens (tertiary/aromatic N) is 3. The normalized spacial score (nSPS) is 17.6. The van der Waals surface area contributed by atoms with Gasteiger partial charge in [0.15, 0.2) is 0 Å². The molecule has 1 aliphatic heterocycles. The maximum absolute atomic E-state index is 12.9. The smallest absolute Gasteiger partial charge is 0.254 e. The summed E-state index contributed by atoms with van der Waals surface area (Å²) in [6.07, 6.45) is 1.95. The van der Waals surface area contributed by atoms with Crippen LogP contribution in [0.4, 0.5) is 0 Å². The summed E-state index contributed by atoms with van der Waals surface area (Å²) < 4.78 is 5.43. The Kier molecular flexibility index (Phi) is 4.95. The van der Waals surface area contributed by atoms with Gasteiger partial charge in [0.05, 0.1) is 0 Å². The Bertz CT molecular complexity index is 1230. The summed E-state index contributed by atoms with van der Waals surface area (Å²) >= 11 is 0. The summed E-state index contributed by atoms with van der Waals surface area (Å²) in [7, 11) is 0. The molecule has 0 atom stereocenters. The van der Waals surface area contributed by atoms with Crippen molar-refractivity contribution in [3.8, 4) is 17.2 Å². The van der Waals surface area contributed by atoms with Crippen LogP contribution < -0.4 is 0 Å². The first-order valence-electron chi connectivity index (χ1n) is 10.8. The molecule has 3 aromatic rings. The van der Waals surface area contributed by atoms with Gasteiger partial charge in [-0.15, -0.1) is 0 Å². The molecule has 2 heterocycles. The van der Waals surface area contributed by atoms with E-state index < -0.39 is 5.60 Å². The number of benzene rings is 2. The molecule has 0 bridgehead atoms. The number of rotatable bonds is 3. The monoisotopic (exact) mass is 429 g/mol. The first-order chi connectivity index (χ1) is 15.5. The number of furan rings is 1. The van der Waals surface area contributed by atoms with Crippen molar-refractivity contribution in [1.82, 2.24) is 9.80 Å². The van der Waals surface area contributed by atoms with Gasteiger partial charge in [0.1, 0.15) is 17.3 Å². The molecule has 5 rings (SSSR count). The van der Waals surface area contributed by atoms with Crippen LogP contribution in [0, 0.1) is 11.3 Å².